The molecule has 82 valence electrons. The van der Waals surface area contributed by atoms with Crippen LogP contribution in [0.25, 0.3) is 21.8 Å². The fourth-order valence-corrected chi connectivity index (χ4v) is 2.21. The number of halogens is 2. The monoisotopic (exact) mass is 246 g/mol. The van der Waals surface area contributed by atoms with Gasteiger partial charge in [-0.25, -0.2) is 4.39 Å². The van der Waals surface area contributed by atoms with Gasteiger partial charge in [-0.2, -0.15) is 10.2 Å². The van der Waals surface area contributed by atoms with Crippen LogP contribution in [-0.2, 0) is 0 Å². The zero-order valence-electron chi connectivity index (χ0n) is 8.51. The summed E-state index contributed by atoms with van der Waals surface area (Å²) in [7, 11) is 0. The molecule has 0 atom stereocenters. The lowest BCUT2D eigenvalue weighted by atomic mass is 10.1. The maximum absolute atomic E-state index is 13.2. The molecule has 0 aliphatic carbocycles. The molecule has 0 aliphatic heterocycles. The van der Waals surface area contributed by atoms with Crippen molar-refractivity contribution in [2.45, 2.75) is 0 Å². The van der Waals surface area contributed by atoms with Crippen LogP contribution in [0.4, 0.5) is 4.39 Å². The number of hydrogen-bond donors (Lipinski definition) is 1. The molecule has 0 fully saturated rings. The summed E-state index contributed by atoms with van der Waals surface area (Å²) in [5.41, 5.74) is 1.82. The number of nitrogens with zero attached hydrogens (tertiary/aromatic N) is 1. The van der Waals surface area contributed by atoms with Crippen molar-refractivity contribution in [3.8, 4) is 6.07 Å². The minimum atomic E-state index is -0.336. The summed E-state index contributed by atoms with van der Waals surface area (Å²) in [5, 5.41) is 10.7. The fraction of sp³-hybridized carbons (Fsp3) is 0. The predicted molar refractivity (Wildman–Crippen MR) is 62.0 cm³/mol. The Balaban J connectivity index is 2.61. The number of rotatable bonds is 0. The van der Waals surface area contributed by atoms with Gasteiger partial charge in [0, 0.05) is 10.9 Å². The first-order valence-corrected chi connectivity index (χ1v) is 5.29. The minimum absolute atomic E-state index is 0.336. The molecule has 2 heterocycles. The molecule has 5 heteroatoms. The van der Waals surface area contributed by atoms with Crippen molar-refractivity contribution in [3.05, 3.63) is 40.9 Å². The van der Waals surface area contributed by atoms with Crippen molar-refractivity contribution >= 4 is 33.4 Å². The number of nitriles is 1. The standard InChI is InChI=1S/C12H5ClFN3/c13-12-10-8-3-7(14)1-2-9(8)17-11(10)6(4-15)5-16-12/h1-3,5,17H/p+1. The topological polar surface area (TPSA) is 53.7 Å². The molecule has 2 aromatic heterocycles. The maximum atomic E-state index is 13.2. The molecule has 0 amide bonds. The van der Waals surface area contributed by atoms with E-state index in [0.29, 0.717) is 27.0 Å². The molecule has 3 nitrogen and oxygen atoms in total. The third kappa shape index (κ3) is 1.37. The Morgan fingerprint density at radius 1 is 1.41 bits per heavy atom. The van der Waals surface area contributed by atoms with Crippen LogP contribution in [0, 0.1) is 17.1 Å². The molecule has 0 saturated carbocycles. The molecule has 0 radical (unpaired) electrons. The van der Waals surface area contributed by atoms with Gasteiger partial charge in [0.2, 0.25) is 0 Å². The van der Waals surface area contributed by atoms with E-state index < -0.39 is 0 Å². The van der Waals surface area contributed by atoms with Gasteiger partial charge < -0.3 is 4.98 Å². The van der Waals surface area contributed by atoms with Gasteiger partial charge in [-0.15, -0.1) is 0 Å². The summed E-state index contributed by atoms with van der Waals surface area (Å²) < 4.78 is 13.2. The molecule has 3 aromatic rings. The zero-order chi connectivity index (χ0) is 12.0. The number of H-pyrrole nitrogens is 2. The number of hydrogen-bond acceptors (Lipinski definition) is 1. The van der Waals surface area contributed by atoms with E-state index in [0.717, 1.165) is 5.52 Å². The molecule has 3 rings (SSSR count). The fourth-order valence-electron chi connectivity index (χ4n) is 1.96. The Hall–Kier alpha value is -2.12. The summed E-state index contributed by atoms with van der Waals surface area (Å²) >= 11 is 6.05. The second-order valence-electron chi connectivity index (χ2n) is 3.69. The van der Waals surface area contributed by atoms with Crippen LogP contribution in [0.3, 0.4) is 0 Å². The Bertz CT molecular complexity index is 786. The van der Waals surface area contributed by atoms with Crippen molar-refractivity contribution in [3.63, 3.8) is 0 Å². The highest BCUT2D eigenvalue weighted by molar-refractivity contribution is 6.35. The first kappa shape index (κ1) is 10.1. The highest BCUT2D eigenvalue weighted by Gasteiger charge is 2.16. The van der Waals surface area contributed by atoms with Crippen LogP contribution < -0.4 is 4.98 Å². The van der Waals surface area contributed by atoms with Gasteiger partial charge >= 0.3 is 0 Å². The van der Waals surface area contributed by atoms with Crippen molar-refractivity contribution in [2.24, 2.45) is 0 Å². The van der Waals surface area contributed by atoms with Crippen LogP contribution in [0.5, 0.6) is 0 Å². The van der Waals surface area contributed by atoms with Gasteiger partial charge in [0.1, 0.15) is 17.4 Å². The third-order valence-electron chi connectivity index (χ3n) is 2.71. The molecule has 1 aromatic carbocycles. The van der Waals surface area contributed by atoms with E-state index in [2.05, 4.69) is 16.0 Å². The van der Waals surface area contributed by atoms with Gasteiger partial charge in [0.25, 0.3) is 5.15 Å². The van der Waals surface area contributed by atoms with E-state index in [1.54, 1.807) is 6.07 Å². The molecule has 0 saturated heterocycles. The first-order valence-electron chi connectivity index (χ1n) is 4.92. The molecule has 17 heavy (non-hydrogen) atoms. The minimum Gasteiger partial charge on any atom is -0.353 e. The molecule has 0 spiro atoms. The Morgan fingerprint density at radius 2 is 2.24 bits per heavy atom. The summed E-state index contributed by atoms with van der Waals surface area (Å²) in [5.74, 6) is -0.336. The van der Waals surface area contributed by atoms with E-state index in [-0.39, 0.29) is 5.82 Å². The predicted octanol–water partition coefficient (Wildman–Crippen LogP) is 2.80. The molecular weight excluding hydrogens is 241 g/mol. The largest absolute Gasteiger partial charge is 0.353 e. The number of aromatic nitrogens is 2. The van der Waals surface area contributed by atoms with Gasteiger partial charge in [-0.3, -0.25) is 0 Å². The van der Waals surface area contributed by atoms with E-state index in [9.17, 15) is 4.39 Å². The Kier molecular flexibility index (Phi) is 2.03. The Morgan fingerprint density at radius 3 is 3.00 bits per heavy atom. The molecule has 0 bridgehead atoms. The average molecular weight is 247 g/mol. The van der Waals surface area contributed by atoms with Crippen LogP contribution >= 0.6 is 11.6 Å². The van der Waals surface area contributed by atoms with E-state index in [1.807, 2.05) is 0 Å². The lowest BCUT2D eigenvalue weighted by Gasteiger charge is -1.91. The highest BCUT2D eigenvalue weighted by atomic mass is 35.5. The number of nitrogens with one attached hydrogen (secondary N) is 2. The normalized spacial score (nSPS) is 10.9. The van der Waals surface area contributed by atoms with E-state index in [1.165, 1.54) is 18.3 Å². The smallest absolute Gasteiger partial charge is 0.283 e. The van der Waals surface area contributed by atoms with Crippen LogP contribution in [0.1, 0.15) is 5.56 Å². The SMILES string of the molecule is N#Cc1c[nH+]c(Cl)c2c1[nH]c1ccc(F)cc12. The second kappa shape index (κ2) is 3.44. The van der Waals surface area contributed by atoms with Crippen molar-refractivity contribution in [2.75, 3.05) is 0 Å². The zero-order valence-corrected chi connectivity index (χ0v) is 9.27. The van der Waals surface area contributed by atoms with E-state index >= 15 is 0 Å². The van der Waals surface area contributed by atoms with Gasteiger partial charge in [0.05, 0.1) is 10.9 Å². The second-order valence-corrected chi connectivity index (χ2v) is 4.07. The molecular formula is C12H6ClFN3+. The van der Waals surface area contributed by atoms with Gasteiger partial charge in [-0.05, 0) is 29.8 Å². The van der Waals surface area contributed by atoms with Crippen molar-refractivity contribution in [1.29, 1.82) is 5.26 Å². The number of aromatic amines is 2. The molecule has 2 N–H and O–H groups in total. The quantitative estimate of drug-likeness (QED) is 0.609. The first-order chi connectivity index (χ1) is 8.20. The lowest BCUT2D eigenvalue weighted by molar-refractivity contribution is -0.373. The van der Waals surface area contributed by atoms with Gasteiger partial charge in [0.15, 0.2) is 6.20 Å². The van der Waals surface area contributed by atoms with Crippen LogP contribution in [0.15, 0.2) is 24.4 Å². The van der Waals surface area contributed by atoms with E-state index in [4.69, 9.17) is 16.9 Å². The summed E-state index contributed by atoms with van der Waals surface area (Å²) in [6, 6.07) is 6.45. The number of fused-ring (bicyclic) bond motifs is 3. The summed E-state index contributed by atoms with van der Waals surface area (Å²) in [6.45, 7) is 0. The van der Waals surface area contributed by atoms with Crippen LogP contribution in [0.2, 0.25) is 5.15 Å². The lowest BCUT2D eigenvalue weighted by Crippen LogP contribution is -2.04. The highest BCUT2D eigenvalue weighted by Crippen LogP contribution is 2.30. The maximum Gasteiger partial charge on any atom is 0.283 e. The van der Waals surface area contributed by atoms with Gasteiger partial charge in [-0.1, -0.05) is 0 Å². The summed E-state index contributed by atoms with van der Waals surface area (Å²) in [4.78, 5) is 5.86. The number of benzene rings is 1. The van der Waals surface area contributed by atoms with Crippen molar-refractivity contribution in [1.82, 2.24) is 4.98 Å². The van der Waals surface area contributed by atoms with Crippen molar-refractivity contribution < 1.29 is 9.37 Å². The van der Waals surface area contributed by atoms with Crippen LogP contribution in [-0.4, -0.2) is 4.98 Å². The summed E-state index contributed by atoms with van der Waals surface area (Å²) in [6.07, 6.45) is 1.52. The average Bonchev–Trinajstić information content (AvgIpc) is 2.69. The molecule has 0 aliphatic rings. The number of pyridine rings is 1. The third-order valence-corrected chi connectivity index (χ3v) is 3.01. The molecule has 0 unspecified atom stereocenters. The Labute approximate surface area is 100 Å².